The Labute approximate surface area is 159 Å². The summed E-state index contributed by atoms with van der Waals surface area (Å²) in [5.74, 6) is 0.196. The Kier molecular flexibility index (Phi) is 5.22. The van der Waals surface area contributed by atoms with Gasteiger partial charge in [0.15, 0.2) is 5.78 Å². The number of hydrogen-bond donors (Lipinski definition) is 0. The number of rotatable bonds is 5. The summed E-state index contributed by atoms with van der Waals surface area (Å²) in [4.78, 5) is 23.6. The lowest BCUT2D eigenvalue weighted by atomic mass is 9.78. The van der Waals surface area contributed by atoms with Gasteiger partial charge in [-0.3, -0.25) is 4.79 Å². The van der Waals surface area contributed by atoms with Gasteiger partial charge in [-0.05, 0) is 42.3 Å². The normalized spacial score (nSPS) is 11.1. The first-order valence-electron chi connectivity index (χ1n) is 8.87. The summed E-state index contributed by atoms with van der Waals surface area (Å²) in [6, 6.07) is 24.2. The Morgan fingerprint density at radius 3 is 1.74 bits per heavy atom. The number of carbonyl (C=O) groups is 2. The van der Waals surface area contributed by atoms with Crippen LogP contribution in [-0.2, 0) is 5.41 Å². The molecule has 0 radical (unpaired) electrons. The molecule has 3 aromatic rings. The van der Waals surface area contributed by atoms with Gasteiger partial charge >= 0.3 is 5.97 Å². The van der Waals surface area contributed by atoms with Crippen LogP contribution in [0.4, 0.5) is 0 Å². The van der Waals surface area contributed by atoms with E-state index in [4.69, 9.17) is 4.74 Å². The van der Waals surface area contributed by atoms with Crippen LogP contribution in [0.15, 0.2) is 78.9 Å². The highest BCUT2D eigenvalue weighted by atomic mass is 16.5. The topological polar surface area (TPSA) is 43.4 Å². The number of Topliss-reactive ketones (excluding diaryl/α,β-unsaturated/α-hetero) is 1. The molecular weight excluding hydrogens is 336 g/mol. The first-order chi connectivity index (χ1) is 12.9. The number of carbonyl (C=O) groups excluding carboxylic acids is 2. The summed E-state index contributed by atoms with van der Waals surface area (Å²) in [7, 11) is 0. The van der Waals surface area contributed by atoms with Gasteiger partial charge in [0, 0.05) is 11.0 Å². The molecule has 0 aliphatic carbocycles. The third kappa shape index (κ3) is 4.14. The fourth-order valence-electron chi connectivity index (χ4n) is 2.97. The maximum atomic E-state index is 12.2. The standard InChI is InChI=1S/C24H22O3/c1-17(25)18-9-11-20(12-10-18)24(2,3)21-13-15-22(16-14-21)27-23(26)19-7-5-4-6-8-19/h4-16H,1-3H3. The number of esters is 1. The van der Waals surface area contributed by atoms with Crippen LogP contribution in [0.2, 0.25) is 0 Å². The predicted octanol–water partition coefficient (Wildman–Crippen LogP) is 5.43. The fraction of sp³-hybridized carbons (Fsp3) is 0.167. The van der Waals surface area contributed by atoms with E-state index in [1.807, 2.05) is 54.6 Å². The quantitative estimate of drug-likeness (QED) is 0.347. The van der Waals surface area contributed by atoms with E-state index >= 15 is 0 Å². The highest BCUT2D eigenvalue weighted by Gasteiger charge is 2.23. The van der Waals surface area contributed by atoms with Crippen molar-refractivity contribution in [2.24, 2.45) is 0 Å². The second kappa shape index (κ2) is 7.58. The van der Waals surface area contributed by atoms with Crippen molar-refractivity contribution in [2.45, 2.75) is 26.2 Å². The molecule has 3 heteroatoms. The Morgan fingerprint density at radius 2 is 1.22 bits per heavy atom. The molecule has 3 nitrogen and oxygen atoms in total. The van der Waals surface area contributed by atoms with E-state index in [9.17, 15) is 9.59 Å². The number of hydrogen-bond acceptors (Lipinski definition) is 3. The van der Waals surface area contributed by atoms with Crippen LogP contribution < -0.4 is 4.74 Å². The fourth-order valence-corrected chi connectivity index (χ4v) is 2.97. The van der Waals surface area contributed by atoms with Crippen molar-refractivity contribution >= 4 is 11.8 Å². The monoisotopic (exact) mass is 358 g/mol. The molecule has 0 aliphatic heterocycles. The van der Waals surface area contributed by atoms with Gasteiger partial charge in [0.1, 0.15) is 5.75 Å². The van der Waals surface area contributed by atoms with Gasteiger partial charge in [0.2, 0.25) is 0 Å². The van der Waals surface area contributed by atoms with Crippen molar-refractivity contribution in [3.05, 3.63) is 101 Å². The van der Waals surface area contributed by atoms with Crippen molar-refractivity contribution in [3.8, 4) is 5.75 Å². The average Bonchev–Trinajstić information content (AvgIpc) is 2.69. The van der Waals surface area contributed by atoms with Crippen molar-refractivity contribution in [1.29, 1.82) is 0 Å². The van der Waals surface area contributed by atoms with E-state index in [0.29, 0.717) is 16.9 Å². The van der Waals surface area contributed by atoms with E-state index in [1.165, 1.54) is 0 Å². The lowest BCUT2D eigenvalue weighted by Gasteiger charge is -2.26. The van der Waals surface area contributed by atoms with Crippen LogP contribution in [0.3, 0.4) is 0 Å². The van der Waals surface area contributed by atoms with E-state index < -0.39 is 0 Å². The molecule has 0 aliphatic rings. The molecule has 3 aromatic carbocycles. The smallest absolute Gasteiger partial charge is 0.343 e. The van der Waals surface area contributed by atoms with Gasteiger partial charge in [-0.2, -0.15) is 0 Å². The van der Waals surface area contributed by atoms with Gasteiger partial charge < -0.3 is 4.74 Å². The van der Waals surface area contributed by atoms with E-state index in [2.05, 4.69) is 13.8 Å². The van der Waals surface area contributed by atoms with Crippen molar-refractivity contribution in [2.75, 3.05) is 0 Å². The molecule has 0 fully saturated rings. The summed E-state index contributed by atoms with van der Waals surface area (Å²) < 4.78 is 5.44. The minimum Gasteiger partial charge on any atom is -0.423 e. The molecular formula is C24H22O3. The second-order valence-corrected chi connectivity index (χ2v) is 7.04. The highest BCUT2D eigenvalue weighted by Crippen LogP contribution is 2.32. The Balaban J connectivity index is 1.77. The highest BCUT2D eigenvalue weighted by molar-refractivity contribution is 5.94. The SMILES string of the molecule is CC(=O)c1ccc(C(C)(C)c2ccc(OC(=O)c3ccccc3)cc2)cc1. The number of ether oxygens (including phenoxy) is 1. The molecule has 136 valence electrons. The number of ketones is 1. The minimum atomic E-state index is -0.373. The maximum Gasteiger partial charge on any atom is 0.343 e. The van der Waals surface area contributed by atoms with Crippen LogP contribution in [0.25, 0.3) is 0 Å². The van der Waals surface area contributed by atoms with Crippen LogP contribution in [0.1, 0.15) is 52.6 Å². The second-order valence-electron chi connectivity index (χ2n) is 7.04. The lowest BCUT2D eigenvalue weighted by molar-refractivity contribution is 0.0734. The zero-order chi connectivity index (χ0) is 19.4. The summed E-state index contributed by atoms with van der Waals surface area (Å²) in [6.45, 7) is 5.82. The Hall–Kier alpha value is -3.20. The molecule has 27 heavy (non-hydrogen) atoms. The van der Waals surface area contributed by atoms with E-state index in [-0.39, 0.29) is 17.2 Å². The maximum absolute atomic E-state index is 12.2. The molecule has 0 heterocycles. The third-order valence-electron chi connectivity index (χ3n) is 4.81. The minimum absolute atomic E-state index is 0.0592. The largest absolute Gasteiger partial charge is 0.423 e. The van der Waals surface area contributed by atoms with Gasteiger partial charge in [-0.25, -0.2) is 4.79 Å². The van der Waals surface area contributed by atoms with Gasteiger partial charge in [-0.15, -0.1) is 0 Å². The predicted molar refractivity (Wildman–Crippen MR) is 106 cm³/mol. The lowest BCUT2D eigenvalue weighted by Crippen LogP contribution is -2.19. The zero-order valence-electron chi connectivity index (χ0n) is 15.7. The molecule has 0 atom stereocenters. The van der Waals surface area contributed by atoms with Crippen LogP contribution in [-0.4, -0.2) is 11.8 Å². The first-order valence-corrected chi connectivity index (χ1v) is 8.87. The summed E-state index contributed by atoms with van der Waals surface area (Å²) in [6.07, 6.45) is 0. The molecule has 0 spiro atoms. The average molecular weight is 358 g/mol. The third-order valence-corrected chi connectivity index (χ3v) is 4.81. The first kappa shape index (κ1) is 18.6. The molecule has 0 saturated heterocycles. The molecule has 3 rings (SSSR count). The van der Waals surface area contributed by atoms with Crippen LogP contribution >= 0.6 is 0 Å². The molecule has 0 aromatic heterocycles. The molecule has 0 N–H and O–H groups in total. The van der Waals surface area contributed by atoms with Gasteiger partial charge in [0.05, 0.1) is 5.56 Å². The molecule has 0 amide bonds. The Bertz CT molecular complexity index is 937. The number of benzene rings is 3. The van der Waals surface area contributed by atoms with E-state index in [0.717, 1.165) is 11.1 Å². The van der Waals surface area contributed by atoms with Gasteiger partial charge in [0.25, 0.3) is 0 Å². The molecule has 0 unspecified atom stereocenters. The van der Waals surface area contributed by atoms with Crippen molar-refractivity contribution in [3.63, 3.8) is 0 Å². The van der Waals surface area contributed by atoms with Crippen molar-refractivity contribution in [1.82, 2.24) is 0 Å². The van der Waals surface area contributed by atoms with Crippen molar-refractivity contribution < 1.29 is 14.3 Å². The summed E-state index contributed by atoms with van der Waals surface area (Å²) in [5.41, 5.74) is 3.20. The molecule has 0 bridgehead atoms. The zero-order valence-corrected chi connectivity index (χ0v) is 15.7. The van der Waals surface area contributed by atoms with Crippen LogP contribution in [0.5, 0.6) is 5.75 Å². The van der Waals surface area contributed by atoms with E-state index in [1.54, 1.807) is 31.2 Å². The molecule has 0 saturated carbocycles. The summed E-state index contributed by atoms with van der Waals surface area (Å²) >= 11 is 0. The van der Waals surface area contributed by atoms with Crippen LogP contribution in [0, 0.1) is 0 Å². The summed E-state index contributed by atoms with van der Waals surface area (Å²) in [5, 5.41) is 0. The Morgan fingerprint density at radius 1 is 0.704 bits per heavy atom. The van der Waals surface area contributed by atoms with Gasteiger partial charge in [-0.1, -0.05) is 68.4 Å².